The maximum atomic E-state index is 15.3. The van der Waals surface area contributed by atoms with Gasteiger partial charge in [-0.05, 0) is 90.2 Å². The third-order valence-corrected chi connectivity index (χ3v) is 9.38. The molecule has 0 aliphatic heterocycles. The Morgan fingerprint density at radius 1 is 0.843 bits per heavy atom. The zero-order chi connectivity index (χ0) is 38.4. The van der Waals surface area contributed by atoms with E-state index >= 15 is 8.78 Å². The average Bonchev–Trinajstić information content (AvgIpc) is 3.06. The summed E-state index contributed by atoms with van der Waals surface area (Å²) in [5, 5.41) is 0. The highest BCUT2D eigenvalue weighted by molar-refractivity contribution is 7.97. The van der Waals surface area contributed by atoms with E-state index in [4.69, 9.17) is 4.74 Å². The van der Waals surface area contributed by atoms with Gasteiger partial charge in [0.2, 0.25) is 0 Å². The van der Waals surface area contributed by atoms with Gasteiger partial charge >= 0.3 is 0 Å². The molecule has 4 aromatic carbocycles. The zero-order valence-corrected chi connectivity index (χ0v) is 31.3. The standard InChI is InChI=1S/C39H42F6N2OS.C2H4/c1-23-13-14-33(34(15-23)48-9)47(21-27-11-10-12-28(17-27)38(5,6)7)25(3)20-46(49-35-16-24(2)26(4)36(42)37(35)43)22-30-31(39(8,44)45)18-29(40)19-32(30)41;1-2/h10-19H,3,20-22H2,1-2,4-9H3;1-2H2. The molecular weight excluding hydrogens is 683 g/mol. The molecule has 0 aliphatic carbocycles. The number of ether oxygens (including phenoxy) is 1. The molecule has 0 bridgehead atoms. The first-order valence-corrected chi connectivity index (χ1v) is 17.0. The second kappa shape index (κ2) is 16.9. The van der Waals surface area contributed by atoms with E-state index in [-0.39, 0.29) is 22.4 Å². The predicted octanol–water partition coefficient (Wildman–Crippen LogP) is 12.1. The smallest absolute Gasteiger partial charge is 0.271 e. The van der Waals surface area contributed by atoms with Crippen LogP contribution in [0.2, 0.25) is 0 Å². The Balaban J connectivity index is 0.00000345. The third kappa shape index (κ3) is 10.2. The summed E-state index contributed by atoms with van der Waals surface area (Å²) in [5.41, 5.74) is 3.23. The fourth-order valence-electron chi connectivity index (χ4n) is 5.46. The summed E-state index contributed by atoms with van der Waals surface area (Å²) in [5.74, 6) is -7.55. The predicted molar refractivity (Wildman–Crippen MR) is 197 cm³/mol. The van der Waals surface area contributed by atoms with Gasteiger partial charge in [-0.2, -0.15) is 0 Å². The summed E-state index contributed by atoms with van der Waals surface area (Å²) in [4.78, 5) is 1.76. The van der Waals surface area contributed by atoms with Crippen LogP contribution in [0, 0.1) is 44.0 Å². The molecule has 10 heteroatoms. The first-order chi connectivity index (χ1) is 23.8. The molecule has 0 amide bonds. The minimum atomic E-state index is -3.59. The normalized spacial score (nSPS) is 11.7. The number of hydrogen-bond donors (Lipinski definition) is 0. The molecular formula is C41H46F6N2OS. The van der Waals surface area contributed by atoms with E-state index in [1.807, 2.05) is 48.2 Å². The van der Waals surface area contributed by atoms with Gasteiger partial charge in [0.15, 0.2) is 11.6 Å². The molecule has 0 saturated heterocycles. The fraction of sp³-hybridized carbons (Fsp3) is 0.317. The first-order valence-electron chi connectivity index (χ1n) is 16.2. The summed E-state index contributed by atoms with van der Waals surface area (Å²) < 4.78 is 96.4. The van der Waals surface area contributed by atoms with Crippen LogP contribution in [0.4, 0.5) is 32.0 Å². The molecule has 0 saturated carbocycles. The number of alkyl halides is 2. The van der Waals surface area contributed by atoms with Gasteiger partial charge in [-0.15, -0.1) is 13.2 Å². The maximum Gasteiger partial charge on any atom is 0.271 e. The summed E-state index contributed by atoms with van der Waals surface area (Å²) >= 11 is 0.739. The van der Waals surface area contributed by atoms with Crippen LogP contribution in [0.15, 0.2) is 91.0 Å². The van der Waals surface area contributed by atoms with Gasteiger partial charge in [0, 0.05) is 49.4 Å². The quantitative estimate of drug-likeness (QED) is 0.0820. The Bertz CT molecular complexity index is 1860. The summed E-state index contributed by atoms with van der Waals surface area (Å²) in [7, 11) is 1.54. The van der Waals surface area contributed by atoms with Crippen molar-refractivity contribution >= 4 is 17.6 Å². The minimum absolute atomic E-state index is 0.125. The van der Waals surface area contributed by atoms with Crippen molar-refractivity contribution in [2.45, 2.75) is 77.8 Å². The molecule has 4 rings (SSSR count). The van der Waals surface area contributed by atoms with Gasteiger partial charge in [-0.1, -0.05) is 57.7 Å². The molecule has 0 unspecified atom stereocenters. The highest BCUT2D eigenvalue weighted by atomic mass is 32.2. The molecule has 0 atom stereocenters. The van der Waals surface area contributed by atoms with Crippen LogP contribution in [0.3, 0.4) is 0 Å². The fourth-order valence-corrected chi connectivity index (χ4v) is 6.54. The van der Waals surface area contributed by atoms with Crippen LogP contribution in [-0.2, 0) is 24.4 Å². The molecule has 0 heterocycles. The number of nitrogens with zero attached hydrogens (tertiary/aromatic N) is 2. The first kappa shape index (κ1) is 41.3. The topological polar surface area (TPSA) is 15.7 Å². The van der Waals surface area contributed by atoms with Crippen molar-refractivity contribution in [3.63, 3.8) is 0 Å². The third-order valence-electron chi connectivity index (χ3n) is 8.37. The Morgan fingerprint density at radius 3 is 2.12 bits per heavy atom. The molecule has 0 N–H and O–H groups in total. The summed E-state index contributed by atoms with van der Waals surface area (Å²) in [6.07, 6.45) is 0. The van der Waals surface area contributed by atoms with Crippen LogP contribution >= 0.6 is 11.9 Å². The van der Waals surface area contributed by atoms with E-state index in [2.05, 4.69) is 46.6 Å². The highest BCUT2D eigenvalue weighted by Gasteiger charge is 2.32. The van der Waals surface area contributed by atoms with E-state index < -0.39 is 46.9 Å². The monoisotopic (exact) mass is 728 g/mol. The van der Waals surface area contributed by atoms with Crippen LogP contribution < -0.4 is 9.64 Å². The minimum Gasteiger partial charge on any atom is -0.495 e. The molecule has 0 spiro atoms. The van der Waals surface area contributed by atoms with Crippen molar-refractivity contribution in [1.29, 1.82) is 0 Å². The van der Waals surface area contributed by atoms with Gasteiger partial charge in [0.25, 0.3) is 5.92 Å². The SMILES string of the molecule is C=C.C=C(CN(Cc1c(F)cc(F)cc1C(C)(F)F)Sc1cc(C)c(C)c(F)c1F)N(Cc1cccc(C(C)(C)C)c1)c1ccc(C)cc1OC. The number of rotatable bonds is 12. The lowest BCUT2D eigenvalue weighted by molar-refractivity contribution is 0.0154. The number of aryl methyl sites for hydroxylation is 2. The van der Waals surface area contributed by atoms with Crippen LogP contribution in [0.25, 0.3) is 0 Å². The van der Waals surface area contributed by atoms with E-state index in [1.165, 1.54) is 17.3 Å². The molecule has 3 nitrogen and oxygen atoms in total. The molecule has 0 aromatic heterocycles. The lowest BCUT2D eigenvalue weighted by Crippen LogP contribution is -2.30. The van der Waals surface area contributed by atoms with E-state index in [9.17, 15) is 17.6 Å². The molecule has 51 heavy (non-hydrogen) atoms. The number of methoxy groups -OCH3 is 1. The average molecular weight is 729 g/mol. The van der Waals surface area contributed by atoms with E-state index in [1.54, 1.807) is 14.0 Å². The number of anilines is 1. The van der Waals surface area contributed by atoms with Crippen molar-refractivity contribution < 1.29 is 31.1 Å². The van der Waals surface area contributed by atoms with E-state index in [0.717, 1.165) is 28.6 Å². The second-order valence-corrected chi connectivity index (χ2v) is 14.6. The Labute approximate surface area is 302 Å². The van der Waals surface area contributed by atoms with Gasteiger partial charge in [0.1, 0.15) is 17.4 Å². The Kier molecular flexibility index (Phi) is 13.7. The summed E-state index contributed by atoms with van der Waals surface area (Å²) in [6.45, 7) is 21.9. The number of halogens is 6. The van der Waals surface area contributed by atoms with Crippen molar-refractivity contribution in [2.24, 2.45) is 0 Å². The molecule has 0 aliphatic rings. The van der Waals surface area contributed by atoms with Crippen LogP contribution in [-0.4, -0.2) is 18.0 Å². The second-order valence-electron chi connectivity index (χ2n) is 13.4. The molecule has 0 radical (unpaired) electrons. The van der Waals surface area contributed by atoms with Gasteiger partial charge in [0.05, 0.1) is 17.7 Å². The van der Waals surface area contributed by atoms with Crippen molar-refractivity contribution in [3.8, 4) is 5.75 Å². The number of hydrogen-bond acceptors (Lipinski definition) is 4. The largest absolute Gasteiger partial charge is 0.495 e. The van der Waals surface area contributed by atoms with Crippen LogP contribution in [0.5, 0.6) is 5.75 Å². The van der Waals surface area contributed by atoms with Crippen LogP contribution in [0.1, 0.15) is 66.6 Å². The van der Waals surface area contributed by atoms with Crippen molar-refractivity contribution in [2.75, 3.05) is 18.6 Å². The maximum absolute atomic E-state index is 15.3. The van der Waals surface area contributed by atoms with Crippen molar-refractivity contribution in [3.05, 3.63) is 148 Å². The van der Waals surface area contributed by atoms with Gasteiger partial charge < -0.3 is 9.64 Å². The number of benzene rings is 4. The van der Waals surface area contributed by atoms with Gasteiger partial charge in [-0.3, -0.25) is 0 Å². The summed E-state index contributed by atoms with van der Waals surface area (Å²) in [6, 6.07) is 16.3. The van der Waals surface area contributed by atoms with E-state index in [0.29, 0.717) is 48.3 Å². The zero-order valence-electron chi connectivity index (χ0n) is 30.5. The lowest BCUT2D eigenvalue weighted by Gasteiger charge is -2.33. The molecule has 274 valence electrons. The highest BCUT2D eigenvalue weighted by Crippen LogP contribution is 2.39. The van der Waals surface area contributed by atoms with Crippen molar-refractivity contribution in [1.82, 2.24) is 4.31 Å². The Morgan fingerprint density at radius 2 is 1.51 bits per heavy atom. The Hall–Kier alpha value is -4.15. The molecule has 4 aromatic rings. The molecule has 0 fully saturated rings. The van der Waals surface area contributed by atoms with Gasteiger partial charge in [-0.25, -0.2) is 30.6 Å². The lowest BCUT2D eigenvalue weighted by atomic mass is 9.86.